The van der Waals surface area contributed by atoms with Gasteiger partial charge in [-0.05, 0) is 6.07 Å². The van der Waals surface area contributed by atoms with E-state index in [1.165, 1.54) is 0 Å². The zero-order valence-corrected chi connectivity index (χ0v) is 17.5. The lowest BCUT2D eigenvalue weighted by Crippen LogP contribution is -2.38. The van der Waals surface area contributed by atoms with E-state index in [9.17, 15) is 0 Å². The lowest BCUT2D eigenvalue weighted by molar-refractivity contribution is 0.0317. The molecule has 5 rings (SSSR count). The normalized spacial score (nSPS) is 14.9. The number of rotatable bonds is 8. The smallest absolute Gasteiger partial charge is 0.320 e. The molecule has 0 spiro atoms. The van der Waals surface area contributed by atoms with Crippen molar-refractivity contribution in [3.8, 4) is 11.8 Å². The Balaban J connectivity index is 1.30. The third-order valence-electron chi connectivity index (χ3n) is 5.21. The van der Waals surface area contributed by atoms with E-state index in [0.717, 1.165) is 49.3 Å². The lowest BCUT2D eigenvalue weighted by Gasteiger charge is -2.26. The van der Waals surface area contributed by atoms with Crippen molar-refractivity contribution in [1.82, 2.24) is 29.4 Å². The van der Waals surface area contributed by atoms with Gasteiger partial charge < -0.3 is 14.5 Å². The molecule has 1 aliphatic heterocycles. The summed E-state index contributed by atoms with van der Waals surface area (Å²) in [5.74, 6) is 1.17. The Morgan fingerprint density at radius 1 is 1.22 bits per heavy atom. The predicted octanol–water partition coefficient (Wildman–Crippen LogP) is 2.30. The molecule has 4 aromatic rings. The molecule has 1 aliphatic rings. The SMILES string of the molecule is C(=N/Nc1cc(-n2ccnc2)nc(OCCN2CCOCC2)n1)/c1c[nH]c2ccccc12. The molecule has 1 aromatic carbocycles. The Hall–Kier alpha value is -3.76. The quantitative estimate of drug-likeness (QED) is 0.325. The van der Waals surface area contributed by atoms with Gasteiger partial charge in [-0.2, -0.15) is 15.1 Å². The van der Waals surface area contributed by atoms with Gasteiger partial charge >= 0.3 is 6.01 Å². The number of hydrogen-bond acceptors (Lipinski definition) is 8. The molecular formula is C22H24N8O2. The van der Waals surface area contributed by atoms with Gasteiger partial charge in [0.05, 0.1) is 19.4 Å². The first-order valence-electron chi connectivity index (χ1n) is 10.5. The van der Waals surface area contributed by atoms with E-state index in [1.54, 1.807) is 29.4 Å². The van der Waals surface area contributed by atoms with Crippen LogP contribution in [0.1, 0.15) is 5.56 Å². The van der Waals surface area contributed by atoms with Crippen molar-refractivity contribution in [3.63, 3.8) is 0 Å². The molecule has 0 amide bonds. The molecule has 0 saturated carbocycles. The van der Waals surface area contributed by atoms with Crippen LogP contribution in [0, 0.1) is 0 Å². The third kappa shape index (κ3) is 4.76. The van der Waals surface area contributed by atoms with Crippen molar-refractivity contribution in [2.75, 3.05) is 44.9 Å². The fraction of sp³-hybridized carbons (Fsp3) is 0.273. The number of para-hydroxylation sites is 1. The molecule has 2 N–H and O–H groups in total. The highest BCUT2D eigenvalue weighted by molar-refractivity contribution is 5.99. The van der Waals surface area contributed by atoms with Crippen LogP contribution in [0.2, 0.25) is 0 Å². The highest BCUT2D eigenvalue weighted by atomic mass is 16.5. The van der Waals surface area contributed by atoms with E-state index in [4.69, 9.17) is 9.47 Å². The molecule has 10 nitrogen and oxygen atoms in total. The second-order valence-electron chi connectivity index (χ2n) is 7.33. The summed E-state index contributed by atoms with van der Waals surface area (Å²) >= 11 is 0. The van der Waals surface area contributed by atoms with Gasteiger partial charge in [-0.3, -0.25) is 14.9 Å². The Morgan fingerprint density at radius 3 is 3.00 bits per heavy atom. The molecule has 32 heavy (non-hydrogen) atoms. The number of ether oxygens (including phenoxy) is 2. The molecule has 1 fully saturated rings. The molecule has 3 aromatic heterocycles. The monoisotopic (exact) mass is 432 g/mol. The maximum absolute atomic E-state index is 5.86. The fourth-order valence-corrected chi connectivity index (χ4v) is 3.52. The van der Waals surface area contributed by atoms with Gasteiger partial charge in [0.1, 0.15) is 18.8 Å². The summed E-state index contributed by atoms with van der Waals surface area (Å²) in [4.78, 5) is 18.6. The minimum absolute atomic E-state index is 0.286. The third-order valence-corrected chi connectivity index (χ3v) is 5.21. The molecule has 0 unspecified atom stereocenters. The first-order chi connectivity index (χ1) is 15.8. The second kappa shape index (κ2) is 9.58. The van der Waals surface area contributed by atoms with Crippen LogP contribution in [0.4, 0.5) is 5.82 Å². The number of nitrogens with one attached hydrogen (secondary N) is 2. The van der Waals surface area contributed by atoms with E-state index in [-0.39, 0.29) is 6.01 Å². The Morgan fingerprint density at radius 2 is 2.12 bits per heavy atom. The van der Waals surface area contributed by atoms with Crippen LogP contribution in [0.25, 0.3) is 16.7 Å². The number of nitrogens with zero attached hydrogens (tertiary/aromatic N) is 6. The Labute approximate surface area is 184 Å². The summed E-state index contributed by atoms with van der Waals surface area (Å²) < 4.78 is 13.0. The highest BCUT2D eigenvalue weighted by Gasteiger charge is 2.12. The van der Waals surface area contributed by atoms with Gasteiger partial charge in [-0.15, -0.1) is 0 Å². The average molecular weight is 432 g/mol. The summed E-state index contributed by atoms with van der Waals surface area (Å²) in [6, 6.07) is 10.2. The number of hydrogen-bond donors (Lipinski definition) is 2. The summed E-state index contributed by atoms with van der Waals surface area (Å²) in [6.45, 7) is 4.63. The number of anilines is 1. The van der Waals surface area contributed by atoms with E-state index < -0.39 is 0 Å². The van der Waals surface area contributed by atoms with E-state index >= 15 is 0 Å². The van der Waals surface area contributed by atoms with Crippen molar-refractivity contribution >= 4 is 22.9 Å². The standard InChI is InChI=1S/C22H24N8O2/c1-2-4-19-18(3-1)17(14-24-19)15-25-28-20-13-21(30-6-5-23-16-30)27-22(26-20)32-12-9-29-7-10-31-11-8-29/h1-6,13-16,24H,7-12H2,(H,26,27,28)/b25-15-. The minimum Gasteiger partial charge on any atom is -0.462 e. The van der Waals surface area contributed by atoms with E-state index in [1.807, 2.05) is 30.6 Å². The molecule has 0 atom stereocenters. The molecule has 0 bridgehead atoms. The Kier molecular flexibility index (Phi) is 6.04. The molecule has 164 valence electrons. The number of morpholine rings is 1. The molecule has 10 heteroatoms. The van der Waals surface area contributed by atoms with Gasteiger partial charge in [0, 0.05) is 60.8 Å². The first-order valence-corrected chi connectivity index (χ1v) is 10.5. The Bertz CT molecular complexity index is 1180. The largest absolute Gasteiger partial charge is 0.462 e. The number of hydrazone groups is 1. The van der Waals surface area contributed by atoms with Crippen LogP contribution in [0.15, 0.2) is 60.4 Å². The van der Waals surface area contributed by atoms with Crippen molar-refractivity contribution in [3.05, 3.63) is 60.8 Å². The highest BCUT2D eigenvalue weighted by Crippen LogP contribution is 2.17. The van der Waals surface area contributed by atoms with Crippen molar-refractivity contribution in [2.45, 2.75) is 0 Å². The zero-order valence-electron chi connectivity index (χ0n) is 17.5. The number of fused-ring (bicyclic) bond motifs is 1. The molecule has 1 saturated heterocycles. The van der Waals surface area contributed by atoms with Gasteiger partial charge in [0.25, 0.3) is 0 Å². The van der Waals surface area contributed by atoms with Crippen molar-refractivity contribution < 1.29 is 9.47 Å². The number of H-pyrrole nitrogens is 1. The van der Waals surface area contributed by atoms with E-state index in [2.05, 4.69) is 41.4 Å². The maximum Gasteiger partial charge on any atom is 0.320 e. The molecular weight excluding hydrogens is 408 g/mol. The van der Waals surface area contributed by atoms with Gasteiger partial charge in [-0.25, -0.2) is 4.98 Å². The summed E-state index contributed by atoms with van der Waals surface area (Å²) in [5, 5.41) is 5.47. The summed E-state index contributed by atoms with van der Waals surface area (Å²) in [6.07, 6.45) is 8.88. The van der Waals surface area contributed by atoms with Crippen molar-refractivity contribution in [1.29, 1.82) is 0 Å². The summed E-state index contributed by atoms with van der Waals surface area (Å²) in [5.41, 5.74) is 5.04. The molecule has 4 heterocycles. The van der Waals surface area contributed by atoms with Crippen LogP contribution in [0.3, 0.4) is 0 Å². The fourth-order valence-electron chi connectivity index (χ4n) is 3.52. The maximum atomic E-state index is 5.86. The topological polar surface area (TPSA) is 105 Å². The van der Waals surface area contributed by atoms with E-state index in [0.29, 0.717) is 18.2 Å². The lowest BCUT2D eigenvalue weighted by atomic mass is 10.2. The first kappa shape index (κ1) is 20.2. The van der Waals surface area contributed by atoms with Gasteiger partial charge in [0.15, 0.2) is 5.82 Å². The van der Waals surface area contributed by atoms with Crippen LogP contribution in [0.5, 0.6) is 6.01 Å². The number of aromatic amines is 1. The average Bonchev–Trinajstić information content (AvgIpc) is 3.51. The van der Waals surface area contributed by atoms with Gasteiger partial charge in [-0.1, -0.05) is 18.2 Å². The molecule has 0 radical (unpaired) electrons. The van der Waals surface area contributed by atoms with Crippen molar-refractivity contribution in [2.24, 2.45) is 5.10 Å². The van der Waals surface area contributed by atoms with Gasteiger partial charge in [0.2, 0.25) is 0 Å². The second-order valence-corrected chi connectivity index (χ2v) is 7.33. The molecule has 0 aliphatic carbocycles. The van der Waals surface area contributed by atoms with Crippen LogP contribution in [-0.4, -0.2) is 75.1 Å². The zero-order chi connectivity index (χ0) is 21.6. The van der Waals surface area contributed by atoms with Crippen LogP contribution in [-0.2, 0) is 4.74 Å². The van der Waals surface area contributed by atoms with Crippen LogP contribution >= 0.6 is 0 Å². The van der Waals surface area contributed by atoms with Crippen LogP contribution < -0.4 is 10.2 Å². The summed E-state index contributed by atoms with van der Waals surface area (Å²) in [7, 11) is 0. The number of benzene rings is 1. The number of aromatic nitrogens is 5. The minimum atomic E-state index is 0.286. The number of imidazole rings is 1. The predicted molar refractivity (Wildman–Crippen MR) is 121 cm³/mol.